The highest BCUT2D eigenvalue weighted by atomic mass is 32.2. The van der Waals surface area contributed by atoms with E-state index < -0.39 is 9.84 Å². The zero-order chi connectivity index (χ0) is 15.6. The lowest BCUT2D eigenvalue weighted by atomic mass is 9.85. The summed E-state index contributed by atoms with van der Waals surface area (Å²) in [6.07, 6.45) is 6.01. The minimum Gasteiger partial charge on any atom is -0.353 e. The van der Waals surface area contributed by atoms with Gasteiger partial charge in [0.2, 0.25) is 5.91 Å². The summed E-state index contributed by atoms with van der Waals surface area (Å²) in [4.78, 5) is 14.4. The SMILES string of the molecule is O=C(NCCN1CCS(=O)(=O)CC1)C1CC2CCCCC2N1. The van der Waals surface area contributed by atoms with Crippen molar-refractivity contribution in [2.75, 3.05) is 37.7 Å². The van der Waals surface area contributed by atoms with Crippen molar-refractivity contribution in [3.05, 3.63) is 0 Å². The molecule has 1 aliphatic carbocycles. The number of hydrogen-bond acceptors (Lipinski definition) is 5. The maximum absolute atomic E-state index is 12.2. The van der Waals surface area contributed by atoms with E-state index in [0.717, 1.165) is 13.0 Å². The van der Waals surface area contributed by atoms with E-state index in [0.29, 0.717) is 31.6 Å². The molecule has 2 saturated heterocycles. The Labute approximate surface area is 132 Å². The van der Waals surface area contributed by atoms with Crippen LogP contribution in [0.25, 0.3) is 0 Å². The lowest BCUT2D eigenvalue weighted by Gasteiger charge is -2.26. The van der Waals surface area contributed by atoms with Gasteiger partial charge in [-0.15, -0.1) is 0 Å². The van der Waals surface area contributed by atoms with Gasteiger partial charge in [0.25, 0.3) is 0 Å². The maximum atomic E-state index is 12.2. The summed E-state index contributed by atoms with van der Waals surface area (Å²) in [6, 6.07) is 0.506. The van der Waals surface area contributed by atoms with Gasteiger partial charge in [0.1, 0.15) is 0 Å². The summed E-state index contributed by atoms with van der Waals surface area (Å²) in [5.74, 6) is 1.28. The van der Waals surface area contributed by atoms with E-state index in [2.05, 4.69) is 15.5 Å². The van der Waals surface area contributed by atoms with Crippen LogP contribution < -0.4 is 10.6 Å². The van der Waals surface area contributed by atoms with E-state index in [1.54, 1.807) is 0 Å². The number of nitrogens with zero attached hydrogens (tertiary/aromatic N) is 1. The third kappa shape index (κ3) is 4.00. The van der Waals surface area contributed by atoms with Gasteiger partial charge < -0.3 is 10.6 Å². The fourth-order valence-electron chi connectivity index (χ4n) is 3.96. The first kappa shape index (κ1) is 16.2. The van der Waals surface area contributed by atoms with Crippen molar-refractivity contribution >= 4 is 15.7 Å². The van der Waals surface area contributed by atoms with Crippen LogP contribution in [0.3, 0.4) is 0 Å². The number of nitrogens with one attached hydrogen (secondary N) is 2. The van der Waals surface area contributed by atoms with Gasteiger partial charge in [0, 0.05) is 32.2 Å². The Balaban J connectivity index is 1.36. The molecule has 2 N–H and O–H groups in total. The predicted octanol–water partition coefficient (Wildman–Crippen LogP) is -0.246. The Morgan fingerprint density at radius 1 is 1.18 bits per heavy atom. The van der Waals surface area contributed by atoms with Gasteiger partial charge >= 0.3 is 0 Å². The van der Waals surface area contributed by atoms with E-state index in [1.165, 1.54) is 25.7 Å². The zero-order valence-electron chi connectivity index (χ0n) is 13.1. The minimum atomic E-state index is -2.82. The van der Waals surface area contributed by atoms with Gasteiger partial charge in [0.15, 0.2) is 9.84 Å². The molecule has 126 valence electrons. The molecule has 0 spiro atoms. The molecule has 22 heavy (non-hydrogen) atoms. The molecule has 3 rings (SSSR count). The van der Waals surface area contributed by atoms with Gasteiger partial charge in [-0.05, 0) is 25.2 Å². The molecule has 0 bridgehead atoms. The van der Waals surface area contributed by atoms with Crippen LogP contribution in [0.4, 0.5) is 0 Å². The van der Waals surface area contributed by atoms with Crippen LogP contribution in [0.2, 0.25) is 0 Å². The molecule has 1 saturated carbocycles. The molecule has 3 fully saturated rings. The maximum Gasteiger partial charge on any atom is 0.237 e. The number of rotatable bonds is 4. The Bertz CT molecular complexity index is 480. The number of amides is 1. The first-order chi connectivity index (χ1) is 10.5. The van der Waals surface area contributed by atoms with Gasteiger partial charge in [-0.2, -0.15) is 0 Å². The van der Waals surface area contributed by atoms with E-state index in [1.807, 2.05) is 0 Å². The monoisotopic (exact) mass is 329 g/mol. The first-order valence-corrected chi connectivity index (χ1v) is 10.3. The molecule has 3 atom stereocenters. The molecule has 3 aliphatic rings. The number of carbonyl (C=O) groups is 1. The molecule has 7 heteroatoms. The quantitative estimate of drug-likeness (QED) is 0.744. The normalized spacial score (nSPS) is 35.0. The lowest BCUT2D eigenvalue weighted by molar-refractivity contribution is -0.122. The van der Waals surface area contributed by atoms with E-state index in [4.69, 9.17) is 0 Å². The molecule has 2 heterocycles. The summed E-state index contributed by atoms with van der Waals surface area (Å²) in [6.45, 7) is 2.52. The van der Waals surface area contributed by atoms with Crippen LogP contribution in [0.15, 0.2) is 0 Å². The second-order valence-electron chi connectivity index (χ2n) is 6.89. The molecule has 6 nitrogen and oxygen atoms in total. The summed E-state index contributed by atoms with van der Waals surface area (Å²) in [7, 11) is -2.82. The van der Waals surface area contributed by atoms with Crippen molar-refractivity contribution in [3.63, 3.8) is 0 Å². The average molecular weight is 329 g/mol. The van der Waals surface area contributed by atoms with Crippen molar-refractivity contribution in [2.45, 2.75) is 44.2 Å². The highest BCUT2D eigenvalue weighted by molar-refractivity contribution is 7.91. The number of hydrogen-bond donors (Lipinski definition) is 2. The summed E-state index contributed by atoms with van der Waals surface area (Å²) >= 11 is 0. The van der Waals surface area contributed by atoms with Gasteiger partial charge in [-0.25, -0.2) is 8.42 Å². The highest BCUT2D eigenvalue weighted by Gasteiger charge is 2.38. The largest absolute Gasteiger partial charge is 0.353 e. The Hall–Kier alpha value is -0.660. The molecule has 0 aromatic heterocycles. The highest BCUT2D eigenvalue weighted by Crippen LogP contribution is 2.33. The Morgan fingerprint density at radius 2 is 1.91 bits per heavy atom. The van der Waals surface area contributed by atoms with Crippen molar-refractivity contribution in [1.29, 1.82) is 0 Å². The summed E-state index contributed by atoms with van der Waals surface area (Å²) in [5, 5.41) is 6.50. The molecule has 0 radical (unpaired) electrons. The summed E-state index contributed by atoms with van der Waals surface area (Å²) < 4.78 is 22.7. The smallest absolute Gasteiger partial charge is 0.237 e. The second kappa shape index (κ2) is 6.84. The van der Waals surface area contributed by atoms with Crippen LogP contribution in [-0.2, 0) is 14.6 Å². The van der Waals surface area contributed by atoms with Crippen molar-refractivity contribution in [1.82, 2.24) is 15.5 Å². The van der Waals surface area contributed by atoms with Crippen molar-refractivity contribution < 1.29 is 13.2 Å². The van der Waals surface area contributed by atoms with E-state index in [-0.39, 0.29) is 23.5 Å². The molecule has 0 aromatic carbocycles. The Kier molecular flexibility index (Phi) is 5.04. The second-order valence-corrected chi connectivity index (χ2v) is 9.19. The molecule has 2 aliphatic heterocycles. The fourth-order valence-corrected chi connectivity index (χ4v) is 5.23. The molecule has 1 amide bonds. The van der Waals surface area contributed by atoms with Crippen LogP contribution in [0.1, 0.15) is 32.1 Å². The standard InChI is InChI=1S/C15H27N3O3S/c19-15(14-11-12-3-1-2-4-13(12)17-14)16-5-6-18-7-9-22(20,21)10-8-18/h12-14,17H,1-11H2,(H,16,19). The van der Waals surface area contributed by atoms with Gasteiger partial charge in [0.05, 0.1) is 17.5 Å². The molecule has 0 aromatic rings. The molecular weight excluding hydrogens is 302 g/mol. The van der Waals surface area contributed by atoms with E-state index >= 15 is 0 Å². The lowest BCUT2D eigenvalue weighted by Crippen LogP contribution is -2.47. The van der Waals surface area contributed by atoms with Crippen LogP contribution in [0.5, 0.6) is 0 Å². The van der Waals surface area contributed by atoms with Gasteiger partial charge in [-0.1, -0.05) is 12.8 Å². The van der Waals surface area contributed by atoms with Crippen LogP contribution >= 0.6 is 0 Å². The summed E-state index contributed by atoms with van der Waals surface area (Å²) in [5.41, 5.74) is 0. The molecule has 3 unspecified atom stereocenters. The average Bonchev–Trinajstić information content (AvgIpc) is 2.93. The van der Waals surface area contributed by atoms with Crippen molar-refractivity contribution in [2.24, 2.45) is 5.92 Å². The number of carbonyl (C=O) groups excluding carboxylic acids is 1. The topological polar surface area (TPSA) is 78.5 Å². The third-order valence-corrected chi connectivity index (χ3v) is 6.95. The van der Waals surface area contributed by atoms with E-state index in [9.17, 15) is 13.2 Å². The van der Waals surface area contributed by atoms with Crippen LogP contribution in [-0.4, -0.2) is 69.0 Å². The third-order valence-electron chi connectivity index (χ3n) is 5.34. The Morgan fingerprint density at radius 3 is 2.64 bits per heavy atom. The predicted molar refractivity (Wildman–Crippen MR) is 85.4 cm³/mol. The fraction of sp³-hybridized carbons (Fsp3) is 0.933. The van der Waals surface area contributed by atoms with Crippen molar-refractivity contribution in [3.8, 4) is 0 Å². The number of fused-ring (bicyclic) bond motifs is 1. The van der Waals surface area contributed by atoms with Gasteiger partial charge in [-0.3, -0.25) is 9.69 Å². The number of sulfone groups is 1. The zero-order valence-corrected chi connectivity index (χ0v) is 13.9. The van der Waals surface area contributed by atoms with Crippen LogP contribution in [0, 0.1) is 5.92 Å². The minimum absolute atomic E-state index is 0.0326. The first-order valence-electron chi connectivity index (χ1n) is 8.50. The molecular formula is C15H27N3O3S.